The molecule has 1 saturated heterocycles. The van der Waals surface area contributed by atoms with Gasteiger partial charge in [-0.05, 0) is 49.3 Å². The average Bonchev–Trinajstić information content (AvgIpc) is 3.18. The molecule has 27 heavy (non-hydrogen) atoms. The molecule has 1 aliphatic carbocycles. The maximum Gasteiger partial charge on any atom is 0.226 e. The lowest BCUT2D eigenvalue weighted by atomic mass is 9.87. The third-order valence-electron chi connectivity index (χ3n) is 5.45. The van der Waals surface area contributed by atoms with Crippen molar-refractivity contribution in [3.8, 4) is 22.8 Å². The van der Waals surface area contributed by atoms with Crippen molar-refractivity contribution in [3.63, 3.8) is 0 Å². The van der Waals surface area contributed by atoms with E-state index in [0.29, 0.717) is 24.5 Å². The molecular weight excluding hydrogens is 342 g/mol. The lowest BCUT2D eigenvalue weighted by Gasteiger charge is -2.27. The van der Waals surface area contributed by atoms with Crippen LogP contribution in [-0.4, -0.2) is 40.4 Å². The van der Waals surface area contributed by atoms with Crippen LogP contribution in [0, 0.1) is 5.92 Å². The van der Waals surface area contributed by atoms with E-state index in [9.17, 15) is 5.11 Å². The first kappa shape index (κ1) is 18.0. The lowest BCUT2D eigenvalue weighted by Crippen LogP contribution is -2.26. The highest BCUT2D eigenvalue weighted by molar-refractivity contribution is 5.69. The maximum absolute atomic E-state index is 9.56. The van der Waals surface area contributed by atoms with Crippen LogP contribution in [-0.2, 0) is 4.74 Å². The van der Waals surface area contributed by atoms with Crippen LogP contribution in [0.2, 0.25) is 0 Å². The molecule has 2 fully saturated rings. The molecule has 1 atom stereocenters. The molecule has 144 valence electrons. The topological polar surface area (TPSA) is 76.5 Å². The van der Waals surface area contributed by atoms with E-state index in [-0.39, 0.29) is 11.9 Å². The van der Waals surface area contributed by atoms with Gasteiger partial charge in [0.05, 0.1) is 18.8 Å². The maximum atomic E-state index is 9.56. The van der Waals surface area contributed by atoms with E-state index in [2.05, 4.69) is 22.2 Å². The van der Waals surface area contributed by atoms with Gasteiger partial charge in [0.1, 0.15) is 11.9 Å². The van der Waals surface area contributed by atoms with Crippen molar-refractivity contribution in [1.29, 1.82) is 0 Å². The fraction of sp³-hybridized carbons (Fsp3) is 0.524. The number of ether oxygens (including phenoxy) is 2. The second-order valence-corrected chi connectivity index (χ2v) is 7.66. The number of nitrogens with zero attached hydrogens (tertiary/aromatic N) is 2. The molecule has 0 unspecified atom stereocenters. The average molecular weight is 369 g/mol. The Morgan fingerprint density at radius 1 is 1.11 bits per heavy atom. The van der Waals surface area contributed by atoms with Gasteiger partial charge in [-0.2, -0.15) is 4.98 Å². The molecule has 0 spiro atoms. The number of nitrogens with one attached hydrogen (secondary N) is 1. The van der Waals surface area contributed by atoms with E-state index >= 15 is 0 Å². The highest BCUT2D eigenvalue weighted by Gasteiger charge is 2.22. The van der Waals surface area contributed by atoms with Gasteiger partial charge in [0.25, 0.3) is 0 Å². The zero-order valence-corrected chi connectivity index (χ0v) is 15.7. The largest absolute Gasteiger partial charge is 0.508 e. The van der Waals surface area contributed by atoms with Crippen molar-refractivity contribution < 1.29 is 14.6 Å². The molecule has 1 saturated carbocycles. The fourth-order valence-electron chi connectivity index (χ4n) is 3.72. The van der Waals surface area contributed by atoms with E-state index in [4.69, 9.17) is 9.47 Å². The standard InChI is InChI=1S/C21H27N3O3/c1-14-2-6-16(7-3-14)23-21-22-12-19(15-4-8-17(25)9-5-15)20(24-21)27-18-10-11-26-13-18/h4-5,8-9,12,14,16,18,25H,2-3,6-7,10-11,13H2,1H3,(H,22,23,24)/t14-,16-,18-/m1/s1. The second kappa shape index (κ2) is 8.13. The number of aromatic nitrogens is 2. The van der Waals surface area contributed by atoms with E-state index in [1.165, 1.54) is 12.8 Å². The molecule has 1 aliphatic heterocycles. The quantitative estimate of drug-likeness (QED) is 0.829. The first-order chi connectivity index (χ1) is 13.2. The number of phenols is 1. The molecule has 1 aromatic heterocycles. The Labute approximate surface area is 160 Å². The summed E-state index contributed by atoms with van der Waals surface area (Å²) in [5.41, 5.74) is 1.74. The highest BCUT2D eigenvalue weighted by Crippen LogP contribution is 2.32. The zero-order chi connectivity index (χ0) is 18.6. The van der Waals surface area contributed by atoms with Crippen LogP contribution < -0.4 is 10.1 Å². The van der Waals surface area contributed by atoms with Gasteiger partial charge in [-0.15, -0.1) is 0 Å². The predicted molar refractivity (Wildman–Crippen MR) is 104 cm³/mol. The van der Waals surface area contributed by atoms with Crippen molar-refractivity contribution in [2.45, 2.75) is 51.2 Å². The van der Waals surface area contributed by atoms with Crippen molar-refractivity contribution >= 4 is 5.95 Å². The summed E-state index contributed by atoms with van der Waals surface area (Å²) < 4.78 is 11.6. The van der Waals surface area contributed by atoms with E-state index in [1.807, 2.05) is 12.1 Å². The monoisotopic (exact) mass is 369 g/mol. The molecule has 4 rings (SSSR count). The Morgan fingerprint density at radius 2 is 1.89 bits per heavy atom. The zero-order valence-electron chi connectivity index (χ0n) is 15.7. The third-order valence-corrected chi connectivity index (χ3v) is 5.45. The molecule has 0 amide bonds. The molecular formula is C21H27N3O3. The van der Waals surface area contributed by atoms with Crippen molar-refractivity contribution in [1.82, 2.24) is 9.97 Å². The van der Waals surface area contributed by atoms with E-state index in [0.717, 1.165) is 42.9 Å². The van der Waals surface area contributed by atoms with Crippen LogP contribution >= 0.6 is 0 Å². The molecule has 0 radical (unpaired) electrons. The predicted octanol–water partition coefficient (Wildman–Crippen LogP) is 4.01. The molecule has 2 heterocycles. The minimum Gasteiger partial charge on any atom is -0.508 e. The van der Waals surface area contributed by atoms with Gasteiger partial charge in [0, 0.05) is 18.7 Å². The molecule has 1 aromatic carbocycles. The molecule has 0 bridgehead atoms. The molecule has 2 aromatic rings. The Hall–Kier alpha value is -2.34. The van der Waals surface area contributed by atoms with Crippen molar-refractivity contribution in [3.05, 3.63) is 30.5 Å². The van der Waals surface area contributed by atoms with Gasteiger partial charge in [-0.1, -0.05) is 19.1 Å². The van der Waals surface area contributed by atoms with Gasteiger partial charge in [-0.3, -0.25) is 0 Å². The van der Waals surface area contributed by atoms with Crippen LogP contribution in [0.1, 0.15) is 39.0 Å². The Kier molecular flexibility index (Phi) is 5.43. The molecule has 6 heteroatoms. The van der Waals surface area contributed by atoms with Gasteiger partial charge < -0.3 is 19.9 Å². The number of hydrogen-bond acceptors (Lipinski definition) is 6. The van der Waals surface area contributed by atoms with Crippen LogP contribution in [0.15, 0.2) is 30.5 Å². The first-order valence-corrected chi connectivity index (χ1v) is 9.85. The summed E-state index contributed by atoms with van der Waals surface area (Å²) in [4.78, 5) is 9.22. The van der Waals surface area contributed by atoms with Gasteiger partial charge in [-0.25, -0.2) is 4.98 Å². The number of hydrogen-bond donors (Lipinski definition) is 2. The number of aromatic hydroxyl groups is 1. The highest BCUT2D eigenvalue weighted by atomic mass is 16.5. The Balaban J connectivity index is 1.57. The van der Waals surface area contributed by atoms with E-state index < -0.39 is 0 Å². The first-order valence-electron chi connectivity index (χ1n) is 9.85. The summed E-state index contributed by atoms with van der Waals surface area (Å²) in [6.45, 7) is 3.62. The summed E-state index contributed by atoms with van der Waals surface area (Å²) in [5, 5.41) is 13.0. The summed E-state index contributed by atoms with van der Waals surface area (Å²) >= 11 is 0. The number of rotatable bonds is 5. The summed E-state index contributed by atoms with van der Waals surface area (Å²) in [6, 6.07) is 7.44. The number of benzene rings is 1. The Morgan fingerprint density at radius 3 is 2.59 bits per heavy atom. The summed E-state index contributed by atoms with van der Waals surface area (Å²) in [7, 11) is 0. The second-order valence-electron chi connectivity index (χ2n) is 7.66. The summed E-state index contributed by atoms with van der Waals surface area (Å²) in [6.07, 6.45) is 7.46. The SMILES string of the molecule is C[C@H]1CC[C@H](Nc2ncc(-c3ccc(O)cc3)c(O[C@@H]3CCOC3)n2)CC1. The van der Waals surface area contributed by atoms with Crippen molar-refractivity contribution in [2.75, 3.05) is 18.5 Å². The fourth-order valence-corrected chi connectivity index (χ4v) is 3.72. The van der Waals surface area contributed by atoms with Crippen LogP contribution in [0.3, 0.4) is 0 Å². The lowest BCUT2D eigenvalue weighted by molar-refractivity contribution is 0.138. The van der Waals surface area contributed by atoms with Crippen LogP contribution in [0.25, 0.3) is 11.1 Å². The van der Waals surface area contributed by atoms with Gasteiger partial charge >= 0.3 is 0 Å². The van der Waals surface area contributed by atoms with Crippen molar-refractivity contribution in [2.24, 2.45) is 5.92 Å². The smallest absolute Gasteiger partial charge is 0.226 e. The normalized spacial score (nSPS) is 25.3. The molecule has 2 N–H and O–H groups in total. The van der Waals surface area contributed by atoms with E-state index in [1.54, 1.807) is 18.3 Å². The van der Waals surface area contributed by atoms with Gasteiger partial charge in [0.15, 0.2) is 0 Å². The number of anilines is 1. The minimum atomic E-state index is 0.0131. The molecule has 6 nitrogen and oxygen atoms in total. The van der Waals surface area contributed by atoms with Gasteiger partial charge in [0.2, 0.25) is 11.8 Å². The molecule has 2 aliphatic rings. The number of phenolic OH excluding ortho intramolecular Hbond substituents is 1. The third kappa shape index (κ3) is 4.50. The van der Waals surface area contributed by atoms with Crippen LogP contribution in [0.5, 0.6) is 11.6 Å². The Bertz CT molecular complexity index is 752. The minimum absolute atomic E-state index is 0.0131. The summed E-state index contributed by atoms with van der Waals surface area (Å²) in [5.74, 6) is 2.22. The van der Waals surface area contributed by atoms with Crippen LogP contribution in [0.4, 0.5) is 5.95 Å².